The first-order valence-corrected chi connectivity index (χ1v) is 6.90. The van der Waals surface area contributed by atoms with Crippen LogP contribution in [0.3, 0.4) is 0 Å². The number of amidine groups is 1. The average molecular weight is 317 g/mol. The summed E-state index contributed by atoms with van der Waals surface area (Å²) in [4.78, 5) is 0. The molecule has 7 N–H and O–H groups in total. The van der Waals surface area contributed by atoms with Crippen LogP contribution < -0.4 is 28.0 Å². The summed E-state index contributed by atoms with van der Waals surface area (Å²) < 4.78 is 0. The number of hydrogen-bond donors (Lipinski definition) is 5. The molecule has 0 amide bonds. The molecule has 0 saturated carbocycles. The molecule has 0 atom stereocenters. The molecule has 2 rings (SSSR count). The number of benzene rings is 2. The van der Waals surface area contributed by atoms with Crippen molar-refractivity contribution < 1.29 is 0 Å². The fourth-order valence-electron chi connectivity index (χ4n) is 1.70. The molecular formula is C15H17ClN6. The Labute approximate surface area is 133 Å². The van der Waals surface area contributed by atoms with Crippen molar-refractivity contribution in [2.45, 2.75) is 0 Å². The smallest absolute Gasteiger partial charge is 0.145 e. The summed E-state index contributed by atoms with van der Waals surface area (Å²) in [7, 11) is 0. The molecule has 0 aromatic heterocycles. The van der Waals surface area contributed by atoms with E-state index < -0.39 is 0 Å². The molecule has 22 heavy (non-hydrogen) atoms. The van der Waals surface area contributed by atoms with Gasteiger partial charge in [-0.15, -0.1) is 0 Å². The van der Waals surface area contributed by atoms with Crippen molar-refractivity contribution in [1.29, 1.82) is 0 Å². The van der Waals surface area contributed by atoms with Gasteiger partial charge in [-0.1, -0.05) is 41.9 Å². The maximum absolute atomic E-state index is 5.84. The lowest BCUT2D eigenvalue weighted by atomic mass is 10.1. The monoisotopic (exact) mass is 316 g/mol. The molecular weight excluding hydrogens is 300 g/mol. The SMILES string of the molecule is N/N=C(N)/C=C(\NNNc1ccc(Cl)cc1)c1ccccc1. The second-order valence-corrected chi connectivity index (χ2v) is 4.80. The van der Waals surface area contributed by atoms with Crippen LogP contribution in [0, 0.1) is 0 Å². The van der Waals surface area contributed by atoms with Crippen molar-refractivity contribution in [2.75, 3.05) is 5.43 Å². The van der Waals surface area contributed by atoms with Crippen LogP contribution in [-0.4, -0.2) is 5.84 Å². The quantitative estimate of drug-likeness (QED) is 0.243. The summed E-state index contributed by atoms with van der Waals surface area (Å²) in [5.41, 5.74) is 17.0. The van der Waals surface area contributed by atoms with E-state index in [1.807, 2.05) is 42.5 Å². The third-order valence-electron chi connectivity index (χ3n) is 2.77. The van der Waals surface area contributed by atoms with E-state index in [4.69, 9.17) is 23.2 Å². The lowest BCUT2D eigenvalue weighted by Crippen LogP contribution is -2.36. The minimum Gasteiger partial charge on any atom is -0.382 e. The van der Waals surface area contributed by atoms with E-state index in [2.05, 4.69) is 21.5 Å². The highest BCUT2D eigenvalue weighted by Gasteiger charge is 2.01. The fraction of sp³-hybridized carbons (Fsp3) is 0. The van der Waals surface area contributed by atoms with Gasteiger partial charge in [0.05, 0.1) is 11.4 Å². The second-order valence-electron chi connectivity index (χ2n) is 4.36. The minimum absolute atomic E-state index is 0.208. The highest BCUT2D eigenvalue weighted by atomic mass is 35.5. The lowest BCUT2D eigenvalue weighted by molar-refractivity contribution is 0.735. The Morgan fingerprint density at radius 3 is 2.36 bits per heavy atom. The molecule has 0 spiro atoms. The Morgan fingerprint density at radius 1 is 1.05 bits per heavy atom. The minimum atomic E-state index is 0.208. The van der Waals surface area contributed by atoms with Crippen LogP contribution >= 0.6 is 11.6 Å². The van der Waals surface area contributed by atoms with Gasteiger partial charge in [-0.2, -0.15) is 10.6 Å². The van der Waals surface area contributed by atoms with Crippen molar-refractivity contribution in [3.8, 4) is 0 Å². The van der Waals surface area contributed by atoms with Crippen molar-refractivity contribution in [3.63, 3.8) is 0 Å². The zero-order valence-corrected chi connectivity index (χ0v) is 12.5. The van der Waals surface area contributed by atoms with E-state index in [0.717, 1.165) is 11.3 Å². The van der Waals surface area contributed by atoms with Crippen LogP contribution in [0.15, 0.2) is 65.8 Å². The molecule has 0 saturated heterocycles. The number of nitrogens with zero attached hydrogens (tertiary/aromatic N) is 1. The molecule has 7 heteroatoms. The molecule has 0 aliphatic heterocycles. The number of hydrazine groups is 2. The van der Waals surface area contributed by atoms with Crippen molar-refractivity contribution in [1.82, 2.24) is 11.0 Å². The summed E-state index contributed by atoms with van der Waals surface area (Å²) in [6.07, 6.45) is 1.63. The Balaban J connectivity index is 2.04. The average Bonchev–Trinajstić information content (AvgIpc) is 2.56. The Bertz CT molecular complexity index is 651. The van der Waals surface area contributed by atoms with Crippen LogP contribution in [0.25, 0.3) is 5.70 Å². The van der Waals surface area contributed by atoms with E-state index in [9.17, 15) is 0 Å². The summed E-state index contributed by atoms with van der Waals surface area (Å²) >= 11 is 5.84. The molecule has 0 bridgehead atoms. The van der Waals surface area contributed by atoms with E-state index in [0.29, 0.717) is 10.7 Å². The highest BCUT2D eigenvalue weighted by Crippen LogP contribution is 2.13. The maximum atomic E-state index is 5.84. The number of halogens is 1. The molecule has 2 aromatic rings. The van der Waals surface area contributed by atoms with Crippen molar-refractivity contribution >= 4 is 28.8 Å². The third kappa shape index (κ3) is 4.69. The molecule has 0 radical (unpaired) electrons. The Morgan fingerprint density at radius 2 is 1.73 bits per heavy atom. The predicted molar refractivity (Wildman–Crippen MR) is 91.6 cm³/mol. The summed E-state index contributed by atoms with van der Waals surface area (Å²) in [6, 6.07) is 16.9. The van der Waals surface area contributed by atoms with E-state index >= 15 is 0 Å². The number of nitrogens with one attached hydrogen (secondary N) is 3. The van der Waals surface area contributed by atoms with Crippen LogP contribution in [0.4, 0.5) is 5.69 Å². The van der Waals surface area contributed by atoms with E-state index in [1.165, 1.54) is 0 Å². The third-order valence-corrected chi connectivity index (χ3v) is 3.03. The first kappa shape index (κ1) is 15.7. The summed E-state index contributed by atoms with van der Waals surface area (Å²) in [6.45, 7) is 0. The zero-order valence-electron chi connectivity index (χ0n) is 11.8. The van der Waals surface area contributed by atoms with Gasteiger partial charge in [0.2, 0.25) is 0 Å². The first-order chi connectivity index (χ1) is 10.7. The maximum Gasteiger partial charge on any atom is 0.145 e. The van der Waals surface area contributed by atoms with Crippen LogP contribution in [-0.2, 0) is 0 Å². The standard InChI is InChI=1S/C15H17ClN6/c16-12-6-8-13(9-7-12)20-22-21-14(10-15(17)19-18)11-4-2-1-3-5-11/h1-10,20-22H,18H2,(H2,17,19)/b14-10-. The zero-order chi connectivity index (χ0) is 15.8. The van der Waals surface area contributed by atoms with Gasteiger partial charge in [0.1, 0.15) is 5.84 Å². The van der Waals surface area contributed by atoms with Gasteiger partial charge in [-0.3, -0.25) is 0 Å². The number of rotatable bonds is 6. The normalized spacial score (nSPS) is 12.0. The first-order valence-electron chi connectivity index (χ1n) is 6.52. The number of anilines is 1. The van der Waals surface area contributed by atoms with Gasteiger partial charge in [0.15, 0.2) is 0 Å². The van der Waals surface area contributed by atoms with Gasteiger partial charge in [0.25, 0.3) is 0 Å². The Hall–Kier alpha value is -2.70. The van der Waals surface area contributed by atoms with Gasteiger partial charge in [-0.05, 0) is 29.8 Å². The Kier molecular flexibility index (Phi) is 5.65. The molecule has 2 aromatic carbocycles. The number of nitrogens with two attached hydrogens (primary N) is 2. The largest absolute Gasteiger partial charge is 0.382 e. The van der Waals surface area contributed by atoms with Gasteiger partial charge in [0, 0.05) is 11.1 Å². The predicted octanol–water partition coefficient (Wildman–Crippen LogP) is 2.03. The fourth-order valence-corrected chi connectivity index (χ4v) is 1.82. The van der Waals surface area contributed by atoms with Gasteiger partial charge >= 0.3 is 0 Å². The van der Waals surface area contributed by atoms with E-state index in [-0.39, 0.29) is 5.84 Å². The topological polar surface area (TPSA) is 100 Å². The van der Waals surface area contributed by atoms with E-state index in [1.54, 1.807) is 18.2 Å². The molecule has 6 nitrogen and oxygen atoms in total. The molecule has 0 heterocycles. The van der Waals surface area contributed by atoms with Crippen molar-refractivity contribution in [2.24, 2.45) is 16.7 Å². The van der Waals surface area contributed by atoms with Crippen molar-refractivity contribution in [3.05, 3.63) is 71.3 Å². The summed E-state index contributed by atoms with van der Waals surface area (Å²) in [5.74, 6) is 5.38. The number of hydrogen-bond acceptors (Lipinski definition) is 5. The molecule has 0 unspecified atom stereocenters. The van der Waals surface area contributed by atoms with Crippen LogP contribution in [0.1, 0.15) is 5.56 Å². The number of hydrazone groups is 1. The highest BCUT2D eigenvalue weighted by molar-refractivity contribution is 6.30. The van der Waals surface area contributed by atoms with Crippen LogP contribution in [0.5, 0.6) is 0 Å². The van der Waals surface area contributed by atoms with Crippen LogP contribution in [0.2, 0.25) is 5.02 Å². The lowest BCUT2D eigenvalue weighted by Gasteiger charge is -2.14. The molecule has 114 valence electrons. The molecule has 0 fully saturated rings. The van der Waals surface area contributed by atoms with Gasteiger partial charge in [-0.25, -0.2) is 0 Å². The van der Waals surface area contributed by atoms with Gasteiger partial charge < -0.3 is 22.4 Å². The second kappa shape index (κ2) is 7.92. The summed E-state index contributed by atoms with van der Waals surface area (Å²) in [5, 5.41) is 4.12. The molecule has 0 aliphatic rings. The molecule has 0 aliphatic carbocycles.